The van der Waals surface area contributed by atoms with Crippen molar-refractivity contribution in [3.8, 4) is 33.4 Å². The molecule has 0 aliphatic heterocycles. The fourth-order valence-electron chi connectivity index (χ4n) is 9.27. The summed E-state index contributed by atoms with van der Waals surface area (Å²) < 4.78 is 0. The molecule has 0 amide bonds. The average molecular weight is 714 g/mol. The Morgan fingerprint density at radius 2 is 1.16 bits per heavy atom. The van der Waals surface area contributed by atoms with E-state index in [0.717, 1.165) is 18.5 Å². The highest BCUT2D eigenvalue weighted by Crippen LogP contribution is 2.50. The van der Waals surface area contributed by atoms with E-state index in [1.165, 1.54) is 93.8 Å². The van der Waals surface area contributed by atoms with Crippen LogP contribution in [0.4, 0.5) is 17.1 Å². The van der Waals surface area contributed by atoms with Crippen molar-refractivity contribution in [3.63, 3.8) is 0 Å². The molecule has 9 aromatic carbocycles. The normalized spacial score (nSPS) is 14.3. The van der Waals surface area contributed by atoms with Crippen LogP contribution in [0.25, 0.3) is 65.7 Å². The molecule has 1 heteroatoms. The highest BCUT2D eigenvalue weighted by atomic mass is 15.1. The van der Waals surface area contributed by atoms with E-state index in [4.69, 9.17) is 0 Å². The average Bonchev–Trinajstić information content (AvgIpc) is 3.67. The third-order valence-corrected chi connectivity index (χ3v) is 12.0. The van der Waals surface area contributed by atoms with Crippen LogP contribution in [0.2, 0.25) is 0 Å². The first-order chi connectivity index (χ1) is 27.8. The lowest BCUT2D eigenvalue weighted by Crippen LogP contribution is -2.13. The Hall–Kier alpha value is -6.96. The van der Waals surface area contributed by atoms with Gasteiger partial charge in [-0.1, -0.05) is 164 Å². The van der Waals surface area contributed by atoms with Crippen LogP contribution in [0.3, 0.4) is 0 Å². The van der Waals surface area contributed by atoms with E-state index in [1.54, 1.807) is 0 Å². The number of fused-ring (bicyclic) bond motifs is 8. The summed E-state index contributed by atoms with van der Waals surface area (Å²) in [6.45, 7) is 0. The lowest BCUT2D eigenvalue weighted by molar-refractivity contribution is 0.853. The predicted molar refractivity (Wildman–Crippen MR) is 238 cm³/mol. The van der Waals surface area contributed by atoms with Gasteiger partial charge < -0.3 is 4.90 Å². The van der Waals surface area contributed by atoms with Crippen LogP contribution in [-0.2, 0) is 6.42 Å². The van der Waals surface area contributed by atoms with Crippen LogP contribution in [0.15, 0.2) is 206 Å². The molecule has 0 N–H and O–H groups in total. The molecule has 9 aromatic rings. The smallest absolute Gasteiger partial charge is 0.0503 e. The Morgan fingerprint density at radius 3 is 2.02 bits per heavy atom. The summed E-state index contributed by atoms with van der Waals surface area (Å²) in [6.07, 6.45) is 10.8. The first-order valence-electron chi connectivity index (χ1n) is 19.7. The van der Waals surface area contributed by atoms with Gasteiger partial charge >= 0.3 is 0 Å². The van der Waals surface area contributed by atoms with Gasteiger partial charge in [0.2, 0.25) is 0 Å². The zero-order valence-corrected chi connectivity index (χ0v) is 31.1. The molecule has 0 spiro atoms. The van der Waals surface area contributed by atoms with Crippen LogP contribution >= 0.6 is 0 Å². The van der Waals surface area contributed by atoms with Crippen molar-refractivity contribution in [1.82, 2.24) is 0 Å². The highest BCUT2D eigenvalue weighted by molar-refractivity contribution is 6.09. The van der Waals surface area contributed by atoms with Crippen molar-refractivity contribution in [3.05, 3.63) is 223 Å². The van der Waals surface area contributed by atoms with Crippen molar-refractivity contribution < 1.29 is 0 Å². The maximum absolute atomic E-state index is 2.49. The number of hydrogen-bond donors (Lipinski definition) is 0. The van der Waals surface area contributed by atoms with Crippen LogP contribution in [-0.4, -0.2) is 0 Å². The standard InChI is InChI=1S/C55H39N/c1-3-13-37(14-4-1)41-18-11-19-45(34-41)56(44-30-27-38(28-31-44)42-29-32-47-43(33-42)26-25-40-17-7-8-20-46(40)47)55-24-12-23-50-52-35-51(39-15-5-2-6-16-39)48-21-9-10-22-49(48)53(52)36-54(50)55/h1-13,15-35,37H,14,36H2. The topological polar surface area (TPSA) is 3.24 Å². The van der Waals surface area contributed by atoms with Gasteiger partial charge in [0.15, 0.2) is 0 Å². The fourth-order valence-corrected chi connectivity index (χ4v) is 9.27. The summed E-state index contributed by atoms with van der Waals surface area (Å²) >= 11 is 0. The molecule has 2 aliphatic carbocycles. The summed E-state index contributed by atoms with van der Waals surface area (Å²) in [4.78, 5) is 2.49. The largest absolute Gasteiger partial charge is 0.310 e. The zero-order chi connectivity index (χ0) is 37.0. The molecule has 1 nitrogen and oxygen atoms in total. The molecule has 0 fully saturated rings. The van der Waals surface area contributed by atoms with Crippen LogP contribution < -0.4 is 4.90 Å². The molecule has 56 heavy (non-hydrogen) atoms. The van der Waals surface area contributed by atoms with Gasteiger partial charge in [-0.2, -0.15) is 0 Å². The molecule has 0 radical (unpaired) electrons. The third-order valence-electron chi connectivity index (χ3n) is 12.0. The van der Waals surface area contributed by atoms with E-state index in [2.05, 4.69) is 211 Å². The van der Waals surface area contributed by atoms with Crippen LogP contribution in [0.1, 0.15) is 29.0 Å². The molecular formula is C55H39N. The number of nitrogens with zero attached hydrogens (tertiary/aromatic N) is 1. The molecule has 0 heterocycles. The van der Waals surface area contributed by atoms with Crippen molar-refractivity contribution in [2.45, 2.75) is 18.8 Å². The third kappa shape index (κ3) is 5.47. The maximum atomic E-state index is 2.49. The Kier molecular flexibility index (Phi) is 7.77. The van der Waals surface area contributed by atoms with Crippen molar-refractivity contribution in [1.29, 1.82) is 0 Å². The maximum Gasteiger partial charge on any atom is 0.0503 e. The minimum absolute atomic E-state index is 0.364. The summed E-state index contributed by atoms with van der Waals surface area (Å²) in [5.41, 5.74) is 15.3. The van der Waals surface area contributed by atoms with Gasteiger partial charge in [-0.3, -0.25) is 0 Å². The lowest BCUT2D eigenvalue weighted by atomic mass is 9.91. The van der Waals surface area contributed by atoms with E-state index >= 15 is 0 Å². The quantitative estimate of drug-likeness (QED) is 0.155. The van der Waals surface area contributed by atoms with Crippen molar-refractivity contribution in [2.75, 3.05) is 4.90 Å². The molecule has 2 aliphatic rings. The molecule has 1 unspecified atom stereocenters. The van der Waals surface area contributed by atoms with E-state index < -0.39 is 0 Å². The zero-order valence-electron chi connectivity index (χ0n) is 31.1. The predicted octanol–water partition coefficient (Wildman–Crippen LogP) is 15.1. The van der Waals surface area contributed by atoms with E-state index in [0.29, 0.717) is 5.92 Å². The van der Waals surface area contributed by atoms with E-state index in [1.807, 2.05) is 0 Å². The minimum atomic E-state index is 0.364. The van der Waals surface area contributed by atoms with Gasteiger partial charge in [0.25, 0.3) is 0 Å². The summed E-state index contributed by atoms with van der Waals surface area (Å²) in [5.74, 6) is 0.364. The summed E-state index contributed by atoms with van der Waals surface area (Å²) in [7, 11) is 0. The van der Waals surface area contributed by atoms with Gasteiger partial charge in [0.05, 0.1) is 5.69 Å². The second-order valence-corrected chi connectivity index (χ2v) is 15.2. The van der Waals surface area contributed by atoms with Gasteiger partial charge in [0, 0.05) is 23.7 Å². The molecule has 11 rings (SSSR count). The SMILES string of the molecule is C1=CCC(c2cccc(N(c3ccc(-c4ccc5c(ccc6ccccc65)c4)cc3)c3cccc4c3Cc3c-4cc(-c4ccccc4)c4ccccc34)c2)C=C1. The Morgan fingerprint density at radius 1 is 0.411 bits per heavy atom. The van der Waals surface area contributed by atoms with Gasteiger partial charge in [-0.05, 0) is 131 Å². The number of rotatable bonds is 6. The van der Waals surface area contributed by atoms with Crippen molar-refractivity contribution in [2.24, 2.45) is 0 Å². The molecule has 1 atom stereocenters. The first kappa shape index (κ1) is 32.5. The Bertz CT molecular complexity index is 3020. The Labute approximate surface area is 328 Å². The summed E-state index contributed by atoms with van der Waals surface area (Å²) in [6, 6.07) is 67.6. The molecule has 264 valence electrons. The van der Waals surface area contributed by atoms with Crippen LogP contribution in [0.5, 0.6) is 0 Å². The van der Waals surface area contributed by atoms with Gasteiger partial charge in [-0.15, -0.1) is 0 Å². The fraction of sp³-hybridized carbons (Fsp3) is 0.0545. The Balaban J connectivity index is 1.05. The summed E-state index contributed by atoms with van der Waals surface area (Å²) in [5, 5.41) is 7.77. The van der Waals surface area contributed by atoms with Gasteiger partial charge in [-0.25, -0.2) is 0 Å². The van der Waals surface area contributed by atoms with Crippen LogP contribution in [0, 0.1) is 0 Å². The number of anilines is 3. The minimum Gasteiger partial charge on any atom is -0.310 e. The number of hydrogen-bond acceptors (Lipinski definition) is 1. The molecule has 0 saturated carbocycles. The number of allylic oxidation sites excluding steroid dienone is 4. The highest BCUT2D eigenvalue weighted by Gasteiger charge is 2.28. The molecule has 0 bridgehead atoms. The number of benzene rings is 9. The lowest BCUT2D eigenvalue weighted by Gasteiger charge is -2.29. The van der Waals surface area contributed by atoms with E-state index in [-0.39, 0.29) is 0 Å². The second kappa shape index (κ2) is 13.4. The molecule has 0 saturated heterocycles. The monoisotopic (exact) mass is 713 g/mol. The van der Waals surface area contributed by atoms with Gasteiger partial charge in [0.1, 0.15) is 0 Å². The van der Waals surface area contributed by atoms with Crippen molar-refractivity contribution >= 4 is 49.4 Å². The first-order valence-corrected chi connectivity index (χ1v) is 19.7. The second-order valence-electron chi connectivity index (χ2n) is 15.2. The molecular weight excluding hydrogens is 675 g/mol. The molecule has 0 aromatic heterocycles. The van der Waals surface area contributed by atoms with E-state index in [9.17, 15) is 0 Å².